The molecule has 2 aliphatic rings. The van der Waals surface area contributed by atoms with E-state index in [4.69, 9.17) is 4.52 Å². The van der Waals surface area contributed by atoms with Gasteiger partial charge >= 0.3 is 0 Å². The number of piperazine rings is 1. The smallest absolute Gasteiger partial charge is 0.246 e. The molecule has 2 aliphatic heterocycles. The largest absolute Gasteiger partial charge is 0.340 e. The predicted molar refractivity (Wildman–Crippen MR) is 59.2 cm³/mol. The van der Waals surface area contributed by atoms with E-state index in [1.165, 1.54) is 4.90 Å². The van der Waals surface area contributed by atoms with Gasteiger partial charge in [-0.25, -0.2) is 0 Å². The van der Waals surface area contributed by atoms with Crippen molar-refractivity contribution in [2.45, 2.75) is 32.4 Å². The fourth-order valence-corrected chi connectivity index (χ4v) is 2.57. The Bertz CT molecular complexity index is 498. The van der Waals surface area contributed by atoms with Crippen LogP contribution in [0.5, 0.6) is 0 Å². The molecule has 0 spiro atoms. The van der Waals surface area contributed by atoms with Crippen LogP contribution in [0, 0.1) is 6.92 Å². The first kappa shape index (κ1) is 11.2. The molecule has 96 valence electrons. The van der Waals surface area contributed by atoms with Gasteiger partial charge in [-0.05, 0) is 12.8 Å². The van der Waals surface area contributed by atoms with Gasteiger partial charge in [0.05, 0.1) is 6.54 Å². The molecule has 3 rings (SSSR count). The van der Waals surface area contributed by atoms with Gasteiger partial charge in [-0.2, -0.15) is 4.98 Å². The zero-order valence-corrected chi connectivity index (χ0v) is 10.1. The second-order valence-corrected chi connectivity index (χ2v) is 4.67. The van der Waals surface area contributed by atoms with Gasteiger partial charge in [-0.3, -0.25) is 9.59 Å². The summed E-state index contributed by atoms with van der Waals surface area (Å²) in [5.41, 5.74) is 0. The third-order valence-corrected chi connectivity index (χ3v) is 3.40. The minimum atomic E-state index is -0.278. The van der Waals surface area contributed by atoms with Crippen LogP contribution in [0.2, 0.25) is 0 Å². The van der Waals surface area contributed by atoms with Gasteiger partial charge in [-0.15, -0.1) is 0 Å². The maximum Gasteiger partial charge on any atom is 0.246 e. The standard InChI is InChI=1S/C11H14N4O3/c1-7-12-9(13-18-7)5-14-6-10(16)15-4-2-3-8(15)11(14)17/h8H,2-6H2,1H3. The van der Waals surface area contributed by atoms with Crippen LogP contribution in [0.4, 0.5) is 0 Å². The highest BCUT2D eigenvalue weighted by Crippen LogP contribution is 2.24. The Morgan fingerprint density at radius 3 is 3.00 bits per heavy atom. The van der Waals surface area contributed by atoms with E-state index in [9.17, 15) is 9.59 Å². The number of carbonyl (C=O) groups excluding carboxylic acids is 2. The molecule has 18 heavy (non-hydrogen) atoms. The fourth-order valence-electron chi connectivity index (χ4n) is 2.57. The molecule has 0 N–H and O–H groups in total. The van der Waals surface area contributed by atoms with Crippen molar-refractivity contribution in [2.75, 3.05) is 13.1 Å². The Hall–Kier alpha value is -1.92. The van der Waals surface area contributed by atoms with Crippen LogP contribution in [0.25, 0.3) is 0 Å². The summed E-state index contributed by atoms with van der Waals surface area (Å²) >= 11 is 0. The van der Waals surface area contributed by atoms with E-state index in [-0.39, 0.29) is 30.9 Å². The van der Waals surface area contributed by atoms with E-state index in [0.29, 0.717) is 18.3 Å². The predicted octanol–water partition coefficient (Wildman–Crippen LogP) is -0.289. The van der Waals surface area contributed by atoms with Crippen LogP contribution in [0.15, 0.2) is 4.52 Å². The van der Waals surface area contributed by atoms with Gasteiger partial charge in [0.25, 0.3) is 0 Å². The van der Waals surface area contributed by atoms with E-state index in [1.807, 2.05) is 0 Å². The molecule has 7 nitrogen and oxygen atoms in total. The van der Waals surface area contributed by atoms with Crippen molar-refractivity contribution < 1.29 is 14.1 Å². The summed E-state index contributed by atoms with van der Waals surface area (Å²) in [6.07, 6.45) is 1.66. The molecule has 0 aromatic carbocycles. The Balaban J connectivity index is 1.76. The van der Waals surface area contributed by atoms with E-state index < -0.39 is 0 Å². The summed E-state index contributed by atoms with van der Waals surface area (Å²) in [5.74, 6) is 0.912. The number of hydrogen-bond acceptors (Lipinski definition) is 5. The van der Waals surface area contributed by atoms with Crippen LogP contribution in [-0.4, -0.2) is 50.9 Å². The van der Waals surface area contributed by atoms with Crippen molar-refractivity contribution in [1.29, 1.82) is 0 Å². The minimum Gasteiger partial charge on any atom is -0.340 e. The summed E-state index contributed by atoms with van der Waals surface area (Å²) in [5, 5.41) is 3.75. The third-order valence-electron chi connectivity index (χ3n) is 3.40. The van der Waals surface area contributed by atoms with Gasteiger partial charge in [0.15, 0.2) is 5.82 Å². The van der Waals surface area contributed by atoms with Crippen LogP contribution in [-0.2, 0) is 16.1 Å². The molecule has 0 radical (unpaired) electrons. The average Bonchev–Trinajstić information content (AvgIpc) is 2.95. The number of rotatable bonds is 2. The number of aryl methyl sites for hydroxylation is 1. The van der Waals surface area contributed by atoms with Gasteiger partial charge in [-0.1, -0.05) is 5.16 Å². The summed E-state index contributed by atoms with van der Waals surface area (Å²) < 4.78 is 4.86. The minimum absolute atomic E-state index is 0.00504. The normalized spacial score (nSPS) is 23.7. The Morgan fingerprint density at radius 2 is 2.28 bits per heavy atom. The lowest BCUT2D eigenvalue weighted by Gasteiger charge is -2.35. The maximum atomic E-state index is 12.2. The molecular formula is C11H14N4O3. The first-order valence-electron chi connectivity index (χ1n) is 6.02. The third kappa shape index (κ3) is 1.75. The molecule has 3 heterocycles. The molecule has 2 amide bonds. The topological polar surface area (TPSA) is 79.5 Å². The quantitative estimate of drug-likeness (QED) is 0.720. The number of hydrogen-bond donors (Lipinski definition) is 0. The van der Waals surface area contributed by atoms with Crippen molar-refractivity contribution in [1.82, 2.24) is 19.9 Å². The van der Waals surface area contributed by atoms with Crippen molar-refractivity contribution in [2.24, 2.45) is 0 Å². The molecule has 0 aliphatic carbocycles. The van der Waals surface area contributed by atoms with Crippen molar-refractivity contribution in [3.63, 3.8) is 0 Å². The molecule has 1 atom stereocenters. The lowest BCUT2D eigenvalue weighted by Crippen LogP contribution is -2.56. The number of carbonyl (C=O) groups is 2. The summed E-state index contributed by atoms with van der Waals surface area (Å²) in [7, 11) is 0. The number of fused-ring (bicyclic) bond motifs is 1. The van der Waals surface area contributed by atoms with Crippen LogP contribution < -0.4 is 0 Å². The van der Waals surface area contributed by atoms with Gasteiger partial charge in [0.1, 0.15) is 12.6 Å². The van der Waals surface area contributed by atoms with Crippen LogP contribution in [0.3, 0.4) is 0 Å². The molecule has 1 aromatic rings. The molecule has 0 bridgehead atoms. The van der Waals surface area contributed by atoms with Gasteiger partial charge < -0.3 is 14.3 Å². The monoisotopic (exact) mass is 250 g/mol. The van der Waals surface area contributed by atoms with E-state index in [1.54, 1.807) is 11.8 Å². The SMILES string of the molecule is Cc1nc(CN2CC(=O)N3CCCC3C2=O)no1. The molecule has 2 fully saturated rings. The Labute approximate surface area is 104 Å². The molecule has 1 aromatic heterocycles. The molecule has 0 saturated carbocycles. The van der Waals surface area contributed by atoms with Gasteiger partial charge in [0.2, 0.25) is 17.7 Å². The van der Waals surface area contributed by atoms with E-state index in [2.05, 4.69) is 10.1 Å². The second kappa shape index (κ2) is 4.08. The fraction of sp³-hybridized carbons (Fsp3) is 0.636. The van der Waals surface area contributed by atoms with Crippen LogP contribution in [0.1, 0.15) is 24.6 Å². The number of nitrogens with zero attached hydrogens (tertiary/aromatic N) is 4. The zero-order chi connectivity index (χ0) is 12.7. The van der Waals surface area contributed by atoms with Crippen LogP contribution >= 0.6 is 0 Å². The van der Waals surface area contributed by atoms with Crippen molar-refractivity contribution >= 4 is 11.8 Å². The summed E-state index contributed by atoms with van der Waals surface area (Å²) in [4.78, 5) is 31.4. The molecule has 1 unspecified atom stereocenters. The Morgan fingerprint density at radius 1 is 1.44 bits per heavy atom. The molecular weight excluding hydrogens is 236 g/mol. The highest BCUT2D eigenvalue weighted by atomic mass is 16.5. The van der Waals surface area contributed by atoms with E-state index in [0.717, 1.165) is 12.8 Å². The number of amides is 2. The van der Waals surface area contributed by atoms with Crippen molar-refractivity contribution in [3.8, 4) is 0 Å². The average molecular weight is 250 g/mol. The number of aromatic nitrogens is 2. The maximum absolute atomic E-state index is 12.2. The van der Waals surface area contributed by atoms with Crippen molar-refractivity contribution in [3.05, 3.63) is 11.7 Å². The highest BCUT2D eigenvalue weighted by Gasteiger charge is 2.42. The zero-order valence-electron chi connectivity index (χ0n) is 10.1. The molecule has 7 heteroatoms. The highest BCUT2D eigenvalue weighted by molar-refractivity contribution is 5.95. The molecule has 2 saturated heterocycles. The Kier molecular flexibility index (Phi) is 2.53. The lowest BCUT2D eigenvalue weighted by atomic mass is 10.1. The lowest BCUT2D eigenvalue weighted by molar-refractivity contribution is -0.154. The van der Waals surface area contributed by atoms with Gasteiger partial charge in [0, 0.05) is 13.5 Å². The summed E-state index contributed by atoms with van der Waals surface area (Å²) in [6.45, 7) is 2.75. The first-order chi connectivity index (χ1) is 8.65. The summed E-state index contributed by atoms with van der Waals surface area (Å²) in [6, 6.07) is -0.278. The van der Waals surface area contributed by atoms with E-state index >= 15 is 0 Å². The second-order valence-electron chi connectivity index (χ2n) is 4.67. The first-order valence-corrected chi connectivity index (χ1v) is 6.02.